The largest absolute Gasteiger partial charge is 0.486 e. The molecule has 220 valence electrons. The maximum absolute atomic E-state index is 13.7. The van der Waals surface area contributed by atoms with Gasteiger partial charge in [0.25, 0.3) is 15.9 Å². The first-order valence-corrected chi connectivity index (χ1v) is 16.2. The van der Waals surface area contributed by atoms with Crippen LogP contribution in [0, 0.1) is 5.92 Å². The Balaban J connectivity index is 1.76. The van der Waals surface area contributed by atoms with Gasteiger partial charge in [-0.2, -0.15) is 4.31 Å². The Labute approximate surface area is 245 Å². The predicted octanol–water partition coefficient (Wildman–Crippen LogP) is 3.68. The van der Waals surface area contributed by atoms with Gasteiger partial charge < -0.3 is 14.7 Å². The van der Waals surface area contributed by atoms with Gasteiger partial charge in [0.2, 0.25) is 10.0 Å². The van der Waals surface area contributed by atoms with E-state index in [-0.39, 0.29) is 46.5 Å². The summed E-state index contributed by atoms with van der Waals surface area (Å²) in [6.07, 6.45) is -0.801. The van der Waals surface area contributed by atoms with Gasteiger partial charge in [-0.15, -0.1) is 0 Å². The van der Waals surface area contributed by atoms with E-state index in [1.807, 2.05) is 0 Å². The first-order chi connectivity index (χ1) is 19.3. The van der Waals surface area contributed by atoms with E-state index in [1.165, 1.54) is 66.5 Å². The summed E-state index contributed by atoms with van der Waals surface area (Å²) in [6, 6.07) is 17.5. The summed E-state index contributed by atoms with van der Waals surface area (Å²) in [5.74, 6) is -0.890. The maximum Gasteiger partial charge on any atom is 0.262 e. The molecule has 0 bridgehead atoms. The molecule has 1 amide bonds. The van der Waals surface area contributed by atoms with Gasteiger partial charge in [0.1, 0.15) is 6.10 Å². The molecule has 2 N–H and O–H groups in total. The molecule has 41 heavy (non-hydrogen) atoms. The number of hydrogen-bond donors (Lipinski definition) is 2. The molecule has 1 aliphatic heterocycles. The molecular weight excluding hydrogens is 590 g/mol. The van der Waals surface area contributed by atoms with E-state index < -0.39 is 44.0 Å². The Hall–Kier alpha value is -3.16. The lowest BCUT2D eigenvalue weighted by Crippen LogP contribution is -2.50. The third-order valence-electron chi connectivity index (χ3n) is 6.95. The van der Waals surface area contributed by atoms with Crippen LogP contribution >= 0.6 is 11.6 Å². The number of ether oxygens (including phenoxy) is 1. The zero-order valence-electron chi connectivity index (χ0n) is 22.8. The standard InChI is InChI=1S/C28H32ClN3O7S2/c1-19-16-32(20(2)18-33)28(34)24-10-7-11-25(30-40(35,36)22-8-5-4-6-9-22)27(24)39-26(19)17-31(3)41(37,38)23-14-12-21(29)13-15-23/h4-15,19-20,26,30,33H,16-18H2,1-3H3/t19-,20+,26+/m0/s1. The lowest BCUT2D eigenvalue weighted by Gasteiger charge is -2.38. The van der Waals surface area contributed by atoms with Crippen LogP contribution in [0.25, 0.3) is 0 Å². The average molecular weight is 622 g/mol. The van der Waals surface area contributed by atoms with Crippen molar-refractivity contribution in [3.8, 4) is 5.75 Å². The van der Waals surface area contributed by atoms with Gasteiger partial charge in [0, 0.05) is 24.5 Å². The number of nitrogens with one attached hydrogen (secondary N) is 1. The Bertz CT molecular complexity index is 1600. The van der Waals surface area contributed by atoms with Gasteiger partial charge in [0.15, 0.2) is 5.75 Å². The number of aliphatic hydroxyl groups excluding tert-OH is 1. The van der Waals surface area contributed by atoms with Gasteiger partial charge in [-0.25, -0.2) is 16.8 Å². The minimum Gasteiger partial charge on any atom is -0.486 e. The van der Waals surface area contributed by atoms with Crippen molar-refractivity contribution in [3.05, 3.63) is 83.4 Å². The highest BCUT2D eigenvalue weighted by Crippen LogP contribution is 2.36. The Morgan fingerprint density at radius 2 is 1.68 bits per heavy atom. The molecule has 0 aromatic heterocycles. The summed E-state index contributed by atoms with van der Waals surface area (Å²) in [5.41, 5.74) is 0.109. The molecule has 3 aromatic carbocycles. The number of benzene rings is 3. The lowest BCUT2D eigenvalue weighted by molar-refractivity contribution is 0.0389. The van der Waals surface area contributed by atoms with E-state index in [0.29, 0.717) is 5.02 Å². The third-order valence-corrected chi connectivity index (χ3v) is 10.4. The van der Waals surface area contributed by atoms with Gasteiger partial charge in [-0.3, -0.25) is 9.52 Å². The van der Waals surface area contributed by atoms with Crippen LogP contribution in [0.5, 0.6) is 5.75 Å². The number of carbonyl (C=O) groups excluding carboxylic acids is 1. The number of hydrogen-bond acceptors (Lipinski definition) is 7. The van der Waals surface area contributed by atoms with Crippen molar-refractivity contribution in [3.63, 3.8) is 0 Å². The molecule has 1 heterocycles. The number of anilines is 1. The summed E-state index contributed by atoms with van der Waals surface area (Å²) in [6.45, 7) is 3.26. The summed E-state index contributed by atoms with van der Waals surface area (Å²) in [5, 5.41) is 10.3. The Morgan fingerprint density at radius 1 is 1.02 bits per heavy atom. The molecule has 1 aliphatic rings. The monoisotopic (exact) mass is 621 g/mol. The fourth-order valence-corrected chi connectivity index (χ4v) is 6.88. The van der Waals surface area contributed by atoms with E-state index >= 15 is 0 Å². The first-order valence-electron chi connectivity index (χ1n) is 12.9. The van der Waals surface area contributed by atoms with Gasteiger partial charge in [-0.05, 0) is 55.5 Å². The van der Waals surface area contributed by atoms with Crippen molar-refractivity contribution in [2.24, 2.45) is 5.92 Å². The fraction of sp³-hybridized carbons (Fsp3) is 0.321. The highest BCUT2D eigenvalue weighted by atomic mass is 35.5. The van der Waals surface area contributed by atoms with E-state index in [9.17, 15) is 26.7 Å². The van der Waals surface area contributed by atoms with Crippen LogP contribution in [-0.2, 0) is 20.0 Å². The predicted molar refractivity (Wildman–Crippen MR) is 156 cm³/mol. The number of rotatable bonds is 9. The van der Waals surface area contributed by atoms with Crippen LogP contribution in [0.2, 0.25) is 5.02 Å². The molecule has 3 aromatic rings. The van der Waals surface area contributed by atoms with Gasteiger partial charge in [0.05, 0.1) is 40.2 Å². The second-order valence-electron chi connectivity index (χ2n) is 9.96. The van der Waals surface area contributed by atoms with Crippen molar-refractivity contribution < 1.29 is 31.5 Å². The lowest BCUT2D eigenvalue weighted by atomic mass is 9.99. The first kappa shape index (κ1) is 30.8. The van der Waals surface area contributed by atoms with Crippen molar-refractivity contribution >= 4 is 43.2 Å². The Morgan fingerprint density at radius 3 is 2.32 bits per heavy atom. The van der Waals surface area contributed by atoms with Crippen LogP contribution in [0.3, 0.4) is 0 Å². The van der Waals surface area contributed by atoms with Gasteiger partial charge in [-0.1, -0.05) is 42.8 Å². The molecule has 0 radical (unpaired) electrons. The molecule has 0 spiro atoms. The SMILES string of the molecule is C[C@H](CO)N1C[C@H](C)[C@@H](CN(C)S(=O)(=O)c2ccc(Cl)cc2)Oc2c(NS(=O)(=O)c3ccccc3)cccc2C1=O. The number of amides is 1. The van der Waals surface area contributed by atoms with Gasteiger partial charge >= 0.3 is 0 Å². The molecule has 0 aliphatic carbocycles. The highest BCUT2D eigenvalue weighted by Gasteiger charge is 2.36. The molecule has 10 nitrogen and oxygen atoms in total. The quantitative estimate of drug-likeness (QED) is 0.372. The number of fused-ring (bicyclic) bond motifs is 1. The summed E-state index contributed by atoms with van der Waals surface area (Å²) in [7, 11) is -6.56. The van der Waals surface area contributed by atoms with Crippen molar-refractivity contribution in [2.45, 2.75) is 35.8 Å². The highest BCUT2D eigenvalue weighted by molar-refractivity contribution is 7.92. The summed E-state index contributed by atoms with van der Waals surface area (Å²) >= 11 is 5.93. The fourth-order valence-electron chi connectivity index (χ4n) is 4.48. The number of sulfonamides is 2. The zero-order valence-corrected chi connectivity index (χ0v) is 25.2. The number of carbonyl (C=O) groups is 1. The van der Waals surface area contributed by atoms with Crippen LogP contribution in [0.15, 0.2) is 82.6 Å². The average Bonchev–Trinajstić information content (AvgIpc) is 2.95. The summed E-state index contributed by atoms with van der Waals surface area (Å²) < 4.78 is 63.1. The second-order valence-corrected chi connectivity index (χ2v) is 14.1. The number of nitrogens with zero attached hydrogens (tertiary/aromatic N) is 2. The molecule has 0 unspecified atom stereocenters. The van der Waals surface area contributed by atoms with E-state index in [1.54, 1.807) is 32.0 Å². The summed E-state index contributed by atoms with van der Waals surface area (Å²) in [4.78, 5) is 15.2. The van der Waals surface area contributed by atoms with E-state index in [4.69, 9.17) is 16.3 Å². The third kappa shape index (κ3) is 6.68. The molecule has 0 saturated heterocycles. The smallest absolute Gasteiger partial charge is 0.262 e. The molecule has 0 saturated carbocycles. The minimum absolute atomic E-state index is 0.0176. The van der Waals surface area contributed by atoms with Crippen molar-refractivity contribution in [1.29, 1.82) is 0 Å². The topological polar surface area (TPSA) is 133 Å². The molecule has 0 fully saturated rings. The number of halogens is 1. The van der Waals surface area contributed by atoms with Crippen LogP contribution in [0.1, 0.15) is 24.2 Å². The van der Waals surface area contributed by atoms with Crippen LogP contribution in [-0.4, -0.2) is 75.9 Å². The van der Waals surface area contributed by atoms with Crippen LogP contribution in [0.4, 0.5) is 5.69 Å². The second kappa shape index (κ2) is 12.4. The van der Waals surface area contributed by atoms with Crippen LogP contribution < -0.4 is 9.46 Å². The molecule has 4 rings (SSSR count). The van der Waals surface area contributed by atoms with E-state index in [2.05, 4.69) is 4.72 Å². The number of likely N-dealkylation sites (N-methyl/N-ethyl adjacent to an activating group) is 1. The van der Waals surface area contributed by atoms with Crippen molar-refractivity contribution in [1.82, 2.24) is 9.21 Å². The van der Waals surface area contributed by atoms with Crippen molar-refractivity contribution in [2.75, 3.05) is 31.5 Å². The van der Waals surface area contributed by atoms with E-state index in [0.717, 1.165) is 4.31 Å². The normalized spacial score (nSPS) is 18.7. The maximum atomic E-state index is 13.7. The molecule has 13 heteroatoms. The zero-order chi connectivity index (χ0) is 29.9. The minimum atomic E-state index is -4.05. The molecular formula is C28H32ClN3O7S2. The molecule has 3 atom stereocenters. The number of aliphatic hydroxyl groups is 1. The number of para-hydroxylation sites is 1. The Kier molecular flexibility index (Phi) is 9.29.